The Morgan fingerprint density at radius 2 is 2.22 bits per heavy atom. The van der Waals surface area contributed by atoms with Gasteiger partial charge in [-0.15, -0.1) is 0 Å². The lowest BCUT2D eigenvalue weighted by molar-refractivity contribution is 0.551. The molecule has 0 spiro atoms. The molecule has 2 rings (SSSR count). The highest BCUT2D eigenvalue weighted by Crippen LogP contribution is 2.15. The lowest BCUT2D eigenvalue weighted by Crippen LogP contribution is -2.21. The molecule has 0 bridgehead atoms. The second kappa shape index (κ2) is 6.81. The SMILES string of the molecule is CCSCCCNC(C)c1nc2ccccc2[nH]1. The molecule has 0 radical (unpaired) electrons. The summed E-state index contributed by atoms with van der Waals surface area (Å²) < 4.78 is 0. The minimum Gasteiger partial charge on any atom is -0.341 e. The van der Waals surface area contributed by atoms with Crippen LogP contribution in [0.4, 0.5) is 0 Å². The van der Waals surface area contributed by atoms with Crippen molar-refractivity contribution in [3.63, 3.8) is 0 Å². The van der Waals surface area contributed by atoms with Gasteiger partial charge in [-0.2, -0.15) is 11.8 Å². The number of nitrogens with zero attached hydrogens (tertiary/aromatic N) is 1. The topological polar surface area (TPSA) is 40.7 Å². The third-order valence-electron chi connectivity index (χ3n) is 2.94. The highest BCUT2D eigenvalue weighted by molar-refractivity contribution is 7.99. The van der Waals surface area contributed by atoms with E-state index in [1.165, 1.54) is 17.9 Å². The van der Waals surface area contributed by atoms with Crippen LogP contribution in [0.3, 0.4) is 0 Å². The number of para-hydroxylation sites is 2. The maximum absolute atomic E-state index is 4.60. The Kier molecular flexibility index (Phi) is 5.08. The standard InChI is InChI=1S/C14H21N3S/c1-3-18-10-6-9-15-11(2)14-16-12-7-4-5-8-13(12)17-14/h4-5,7-8,11,15H,3,6,9-10H2,1-2H3,(H,16,17). The Bertz CT molecular complexity index is 448. The van der Waals surface area contributed by atoms with E-state index in [9.17, 15) is 0 Å². The van der Waals surface area contributed by atoms with E-state index in [0.717, 1.165) is 23.4 Å². The van der Waals surface area contributed by atoms with Gasteiger partial charge in [-0.25, -0.2) is 4.98 Å². The van der Waals surface area contributed by atoms with Crippen LogP contribution >= 0.6 is 11.8 Å². The van der Waals surface area contributed by atoms with Gasteiger partial charge in [0.15, 0.2) is 0 Å². The molecule has 1 unspecified atom stereocenters. The summed E-state index contributed by atoms with van der Waals surface area (Å²) >= 11 is 2.00. The molecule has 0 saturated heterocycles. The zero-order valence-corrected chi connectivity index (χ0v) is 11.9. The number of imidazole rings is 1. The zero-order chi connectivity index (χ0) is 12.8. The van der Waals surface area contributed by atoms with E-state index in [4.69, 9.17) is 0 Å². The van der Waals surface area contributed by atoms with Gasteiger partial charge in [-0.1, -0.05) is 19.1 Å². The van der Waals surface area contributed by atoms with E-state index >= 15 is 0 Å². The molecule has 2 N–H and O–H groups in total. The summed E-state index contributed by atoms with van der Waals surface area (Å²) in [5, 5.41) is 3.51. The van der Waals surface area contributed by atoms with Gasteiger partial charge in [0.2, 0.25) is 0 Å². The molecule has 1 heterocycles. The summed E-state index contributed by atoms with van der Waals surface area (Å²) in [5.41, 5.74) is 2.16. The monoisotopic (exact) mass is 263 g/mol. The minimum absolute atomic E-state index is 0.282. The van der Waals surface area contributed by atoms with E-state index in [-0.39, 0.29) is 6.04 Å². The third kappa shape index (κ3) is 3.50. The number of hydrogen-bond acceptors (Lipinski definition) is 3. The molecule has 0 fully saturated rings. The number of benzene rings is 1. The maximum atomic E-state index is 4.60. The van der Waals surface area contributed by atoms with Gasteiger partial charge in [-0.05, 0) is 43.5 Å². The van der Waals surface area contributed by atoms with Gasteiger partial charge in [0.25, 0.3) is 0 Å². The summed E-state index contributed by atoms with van der Waals surface area (Å²) in [5.74, 6) is 3.47. The Hall–Kier alpha value is -1.00. The van der Waals surface area contributed by atoms with Gasteiger partial charge >= 0.3 is 0 Å². The number of H-pyrrole nitrogens is 1. The van der Waals surface area contributed by atoms with E-state index in [1.54, 1.807) is 0 Å². The van der Waals surface area contributed by atoms with E-state index < -0.39 is 0 Å². The Morgan fingerprint density at radius 3 is 3.00 bits per heavy atom. The van der Waals surface area contributed by atoms with Crippen molar-refractivity contribution < 1.29 is 0 Å². The molecule has 2 aromatic rings. The van der Waals surface area contributed by atoms with Crippen LogP contribution in [0.2, 0.25) is 0 Å². The van der Waals surface area contributed by atoms with Gasteiger partial charge in [0.1, 0.15) is 5.82 Å². The largest absolute Gasteiger partial charge is 0.341 e. The average Bonchev–Trinajstić information content (AvgIpc) is 2.82. The van der Waals surface area contributed by atoms with Gasteiger partial charge < -0.3 is 10.3 Å². The normalized spacial score (nSPS) is 13.0. The molecule has 0 aliphatic carbocycles. The number of aromatic amines is 1. The maximum Gasteiger partial charge on any atom is 0.124 e. The molecule has 1 aromatic heterocycles. The first-order valence-corrected chi connectivity index (χ1v) is 7.72. The second-order valence-electron chi connectivity index (χ2n) is 4.37. The van der Waals surface area contributed by atoms with E-state index in [2.05, 4.69) is 35.2 Å². The number of nitrogens with one attached hydrogen (secondary N) is 2. The number of aromatic nitrogens is 2. The lowest BCUT2D eigenvalue weighted by Gasteiger charge is -2.10. The quantitative estimate of drug-likeness (QED) is 0.753. The molecule has 0 saturated carbocycles. The van der Waals surface area contributed by atoms with Crippen molar-refractivity contribution in [2.24, 2.45) is 0 Å². The molecule has 0 aliphatic heterocycles. The predicted molar refractivity (Wildman–Crippen MR) is 80.1 cm³/mol. The number of thioether (sulfide) groups is 1. The average molecular weight is 263 g/mol. The van der Waals surface area contributed by atoms with Gasteiger partial charge in [-0.3, -0.25) is 0 Å². The molecular formula is C14H21N3S. The first kappa shape index (κ1) is 13.4. The molecule has 18 heavy (non-hydrogen) atoms. The van der Waals surface area contributed by atoms with Gasteiger partial charge in [0.05, 0.1) is 17.1 Å². The summed E-state index contributed by atoms with van der Waals surface area (Å²) in [6, 6.07) is 8.44. The summed E-state index contributed by atoms with van der Waals surface area (Å²) in [7, 11) is 0. The van der Waals surface area contributed by atoms with Crippen LogP contribution in [0.1, 0.15) is 32.1 Å². The van der Waals surface area contributed by atoms with Gasteiger partial charge in [0, 0.05) is 0 Å². The molecule has 0 aliphatic rings. The highest BCUT2D eigenvalue weighted by Gasteiger charge is 2.09. The van der Waals surface area contributed by atoms with E-state index in [0.29, 0.717) is 0 Å². The first-order valence-electron chi connectivity index (χ1n) is 6.57. The second-order valence-corrected chi connectivity index (χ2v) is 5.76. The number of rotatable bonds is 7. The molecule has 0 amide bonds. The first-order chi connectivity index (χ1) is 8.81. The molecule has 1 atom stereocenters. The third-order valence-corrected chi connectivity index (χ3v) is 3.92. The van der Waals surface area contributed by atoms with E-state index in [1.807, 2.05) is 30.0 Å². The van der Waals surface area contributed by atoms with Crippen molar-refractivity contribution in [2.45, 2.75) is 26.3 Å². The van der Waals surface area contributed by atoms with Crippen LogP contribution in [0.5, 0.6) is 0 Å². The van der Waals surface area contributed by atoms with Crippen LogP contribution in [0.25, 0.3) is 11.0 Å². The van der Waals surface area contributed by atoms with Crippen molar-refractivity contribution in [2.75, 3.05) is 18.1 Å². The zero-order valence-electron chi connectivity index (χ0n) is 11.1. The highest BCUT2D eigenvalue weighted by atomic mass is 32.2. The van der Waals surface area contributed by atoms with Crippen molar-refractivity contribution >= 4 is 22.8 Å². The van der Waals surface area contributed by atoms with Crippen LogP contribution in [0, 0.1) is 0 Å². The fourth-order valence-corrected chi connectivity index (χ4v) is 2.55. The van der Waals surface area contributed by atoms with Crippen molar-refractivity contribution in [3.05, 3.63) is 30.1 Å². The minimum atomic E-state index is 0.282. The molecule has 3 nitrogen and oxygen atoms in total. The fourth-order valence-electron chi connectivity index (χ4n) is 1.91. The molecular weight excluding hydrogens is 242 g/mol. The van der Waals surface area contributed by atoms with Crippen LogP contribution in [-0.2, 0) is 0 Å². The lowest BCUT2D eigenvalue weighted by atomic mass is 10.3. The fraction of sp³-hybridized carbons (Fsp3) is 0.500. The van der Waals surface area contributed by atoms with Crippen molar-refractivity contribution in [1.29, 1.82) is 0 Å². The van der Waals surface area contributed by atoms with Crippen molar-refractivity contribution in [1.82, 2.24) is 15.3 Å². The number of fused-ring (bicyclic) bond motifs is 1. The summed E-state index contributed by atoms with van der Waals surface area (Å²) in [4.78, 5) is 7.97. The molecule has 4 heteroatoms. The van der Waals surface area contributed by atoms with Crippen LogP contribution in [0.15, 0.2) is 24.3 Å². The molecule has 1 aromatic carbocycles. The number of hydrogen-bond donors (Lipinski definition) is 2. The van der Waals surface area contributed by atoms with Crippen LogP contribution in [-0.4, -0.2) is 28.0 Å². The summed E-state index contributed by atoms with van der Waals surface area (Å²) in [6.07, 6.45) is 1.21. The van der Waals surface area contributed by atoms with Crippen LogP contribution < -0.4 is 5.32 Å². The smallest absolute Gasteiger partial charge is 0.124 e. The summed E-state index contributed by atoms with van der Waals surface area (Å²) in [6.45, 7) is 5.41. The molecule has 98 valence electrons. The Morgan fingerprint density at radius 1 is 1.39 bits per heavy atom. The Balaban J connectivity index is 1.86. The Labute approximate surface area is 113 Å². The van der Waals surface area contributed by atoms with Crippen molar-refractivity contribution in [3.8, 4) is 0 Å². The predicted octanol–water partition coefficient (Wildman–Crippen LogP) is 3.36.